The molecule has 0 saturated carbocycles. The van der Waals surface area contributed by atoms with Gasteiger partial charge in [0.05, 0.1) is 11.3 Å². The molecule has 0 atom stereocenters. The number of nitrogens with two attached hydrogens (primary N) is 1. The Morgan fingerprint density at radius 3 is 2.40 bits per heavy atom. The third-order valence-corrected chi connectivity index (χ3v) is 3.70. The Bertz CT molecular complexity index is 679. The zero-order valence-corrected chi connectivity index (χ0v) is 10.5. The maximum absolute atomic E-state index is 13.2. The van der Waals surface area contributed by atoms with Gasteiger partial charge in [0.15, 0.2) is 0 Å². The number of thiophene rings is 1. The highest BCUT2D eigenvalue weighted by Crippen LogP contribution is 2.37. The second-order valence-electron chi connectivity index (χ2n) is 3.89. The van der Waals surface area contributed by atoms with E-state index in [1.54, 1.807) is 0 Å². The highest BCUT2D eigenvalue weighted by molar-refractivity contribution is 7.17. The third-order valence-electron chi connectivity index (χ3n) is 2.51. The van der Waals surface area contributed by atoms with Crippen LogP contribution >= 0.6 is 11.3 Å². The first kappa shape index (κ1) is 14.3. The molecule has 106 valence electrons. The molecule has 0 aliphatic rings. The summed E-state index contributed by atoms with van der Waals surface area (Å²) in [5.74, 6) is -2.65. The van der Waals surface area contributed by atoms with E-state index in [2.05, 4.69) is 0 Å². The number of halogens is 4. The zero-order valence-electron chi connectivity index (χ0n) is 9.66. The Labute approximate surface area is 114 Å². The summed E-state index contributed by atoms with van der Waals surface area (Å²) < 4.78 is 51.0. The summed E-state index contributed by atoms with van der Waals surface area (Å²) in [6, 6.07) is 3.71. The first-order valence-electron chi connectivity index (χ1n) is 5.20. The second-order valence-corrected chi connectivity index (χ2v) is 4.94. The fraction of sp³-hybridized carbons (Fsp3) is 0.0833. The number of hydrogen-bond donors (Lipinski definition) is 2. The molecule has 2 rings (SSSR count). The van der Waals surface area contributed by atoms with Crippen LogP contribution in [0.4, 0.5) is 23.2 Å². The molecule has 3 nitrogen and oxygen atoms in total. The maximum atomic E-state index is 13.2. The molecule has 8 heteroatoms. The number of carboxylic acids is 1. The van der Waals surface area contributed by atoms with E-state index < -0.39 is 23.5 Å². The highest BCUT2D eigenvalue weighted by Gasteiger charge is 2.34. The Morgan fingerprint density at radius 1 is 1.25 bits per heavy atom. The molecule has 0 saturated heterocycles. The van der Waals surface area contributed by atoms with Gasteiger partial charge in [-0.25, -0.2) is 9.18 Å². The summed E-state index contributed by atoms with van der Waals surface area (Å²) in [6.45, 7) is 0. The molecule has 0 bridgehead atoms. The Kier molecular flexibility index (Phi) is 3.43. The zero-order chi connectivity index (χ0) is 15.1. The molecule has 3 N–H and O–H groups in total. The van der Waals surface area contributed by atoms with Crippen molar-refractivity contribution in [1.29, 1.82) is 0 Å². The first-order valence-corrected chi connectivity index (χ1v) is 6.01. The first-order chi connectivity index (χ1) is 9.20. The van der Waals surface area contributed by atoms with Gasteiger partial charge in [-0.1, -0.05) is 6.07 Å². The van der Waals surface area contributed by atoms with Gasteiger partial charge in [-0.05, 0) is 23.8 Å². The average molecular weight is 305 g/mol. The van der Waals surface area contributed by atoms with Crippen LogP contribution in [0, 0.1) is 5.82 Å². The molecule has 0 aliphatic carbocycles. The summed E-state index contributed by atoms with van der Waals surface area (Å²) in [5, 5.41) is 8.84. The van der Waals surface area contributed by atoms with E-state index in [0.29, 0.717) is 12.1 Å². The van der Waals surface area contributed by atoms with Gasteiger partial charge in [0.2, 0.25) is 0 Å². The largest absolute Gasteiger partial charge is 0.477 e. The Morgan fingerprint density at radius 2 is 1.90 bits per heavy atom. The number of alkyl halides is 3. The van der Waals surface area contributed by atoms with E-state index in [1.165, 1.54) is 6.07 Å². The highest BCUT2D eigenvalue weighted by atomic mass is 32.1. The number of rotatable bonds is 2. The molecular weight excluding hydrogens is 298 g/mol. The molecule has 2 aromatic rings. The SMILES string of the molecule is Nc1cc(-c2ccc(F)c(C(F)(F)F)c2)sc1C(=O)O. The molecule has 20 heavy (non-hydrogen) atoms. The van der Waals surface area contributed by atoms with Gasteiger partial charge in [-0.3, -0.25) is 0 Å². The molecular formula is C12H7F4NO2S. The predicted molar refractivity (Wildman–Crippen MR) is 66.1 cm³/mol. The minimum absolute atomic E-state index is 0.0459. The summed E-state index contributed by atoms with van der Waals surface area (Å²) in [6.07, 6.45) is -4.82. The maximum Gasteiger partial charge on any atom is 0.419 e. The van der Waals surface area contributed by atoms with Crippen molar-refractivity contribution >= 4 is 23.0 Å². The van der Waals surface area contributed by atoms with Gasteiger partial charge in [-0.2, -0.15) is 13.2 Å². The van der Waals surface area contributed by atoms with Crippen molar-refractivity contribution in [1.82, 2.24) is 0 Å². The summed E-state index contributed by atoms with van der Waals surface area (Å²) in [4.78, 5) is 10.9. The second kappa shape index (κ2) is 4.78. The lowest BCUT2D eigenvalue weighted by Gasteiger charge is -2.09. The van der Waals surface area contributed by atoms with Crippen molar-refractivity contribution in [2.24, 2.45) is 0 Å². The van der Waals surface area contributed by atoms with Crippen LogP contribution in [0.3, 0.4) is 0 Å². The van der Waals surface area contributed by atoms with Gasteiger partial charge in [0.25, 0.3) is 0 Å². The van der Waals surface area contributed by atoms with E-state index in [-0.39, 0.29) is 21.0 Å². The van der Waals surface area contributed by atoms with Gasteiger partial charge in [0, 0.05) is 4.88 Å². The molecule has 0 amide bonds. The quantitative estimate of drug-likeness (QED) is 0.828. The van der Waals surface area contributed by atoms with Crippen molar-refractivity contribution in [3.8, 4) is 10.4 Å². The van der Waals surface area contributed by atoms with Crippen LogP contribution in [0.25, 0.3) is 10.4 Å². The number of anilines is 1. The molecule has 0 radical (unpaired) electrons. The lowest BCUT2D eigenvalue weighted by atomic mass is 10.1. The Balaban J connectivity index is 2.54. The van der Waals surface area contributed by atoms with Crippen molar-refractivity contribution in [2.75, 3.05) is 5.73 Å². The van der Waals surface area contributed by atoms with E-state index in [0.717, 1.165) is 17.4 Å². The molecule has 0 unspecified atom stereocenters. The van der Waals surface area contributed by atoms with Crippen molar-refractivity contribution in [3.05, 3.63) is 40.5 Å². The van der Waals surface area contributed by atoms with E-state index in [4.69, 9.17) is 10.8 Å². The van der Waals surface area contributed by atoms with Crippen molar-refractivity contribution < 1.29 is 27.5 Å². The van der Waals surface area contributed by atoms with Crippen molar-refractivity contribution in [3.63, 3.8) is 0 Å². The molecule has 0 spiro atoms. The lowest BCUT2D eigenvalue weighted by Crippen LogP contribution is -2.07. The standard InChI is InChI=1S/C12H7F4NO2S/c13-7-2-1-5(3-6(7)12(14,15)16)9-4-8(17)10(20-9)11(18)19/h1-4H,17H2,(H,18,19). The molecule has 1 aromatic carbocycles. The van der Waals surface area contributed by atoms with Gasteiger partial charge < -0.3 is 10.8 Å². The van der Waals surface area contributed by atoms with Crippen LogP contribution < -0.4 is 5.73 Å². The fourth-order valence-corrected chi connectivity index (χ4v) is 2.53. The number of aromatic carboxylic acids is 1. The van der Waals surface area contributed by atoms with Gasteiger partial charge in [-0.15, -0.1) is 11.3 Å². The van der Waals surface area contributed by atoms with Crippen molar-refractivity contribution in [2.45, 2.75) is 6.18 Å². The molecule has 1 heterocycles. The normalized spacial score (nSPS) is 11.6. The average Bonchev–Trinajstić information content (AvgIpc) is 2.70. The summed E-state index contributed by atoms with van der Waals surface area (Å²) in [7, 11) is 0. The smallest absolute Gasteiger partial charge is 0.419 e. The minimum Gasteiger partial charge on any atom is -0.477 e. The van der Waals surface area contributed by atoms with Crippen LogP contribution in [-0.2, 0) is 6.18 Å². The third kappa shape index (κ3) is 2.60. The van der Waals surface area contributed by atoms with E-state index in [1.807, 2.05) is 0 Å². The number of carbonyl (C=O) groups is 1. The number of nitrogen functional groups attached to an aromatic ring is 1. The summed E-state index contributed by atoms with van der Waals surface area (Å²) >= 11 is 0.732. The van der Waals surface area contributed by atoms with Crippen LogP contribution in [0.5, 0.6) is 0 Å². The topological polar surface area (TPSA) is 63.3 Å². The number of benzene rings is 1. The lowest BCUT2D eigenvalue weighted by molar-refractivity contribution is -0.139. The molecule has 1 aromatic heterocycles. The molecule has 0 aliphatic heterocycles. The van der Waals surface area contributed by atoms with Crippen LogP contribution in [-0.4, -0.2) is 11.1 Å². The van der Waals surface area contributed by atoms with Gasteiger partial charge in [0.1, 0.15) is 10.7 Å². The van der Waals surface area contributed by atoms with Gasteiger partial charge >= 0.3 is 12.1 Å². The predicted octanol–water partition coefficient (Wildman–Crippen LogP) is 3.85. The summed E-state index contributed by atoms with van der Waals surface area (Å²) in [5.41, 5.74) is 4.08. The fourth-order valence-electron chi connectivity index (χ4n) is 1.61. The number of carboxylic acid groups (broad SMARTS) is 1. The van der Waals surface area contributed by atoms with Crippen LogP contribution in [0.2, 0.25) is 0 Å². The van der Waals surface area contributed by atoms with E-state index in [9.17, 15) is 22.4 Å². The monoisotopic (exact) mass is 305 g/mol. The van der Waals surface area contributed by atoms with E-state index >= 15 is 0 Å². The van der Waals surface area contributed by atoms with Crippen LogP contribution in [0.15, 0.2) is 24.3 Å². The number of hydrogen-bond acceptors (Lipinski definition) is 3. The Hall–Kier alpha value is -2.09. The van der Waals surface area contributed by atoms with Crippen LogP contribution in [0.1, 0.15) is 15.2 Å². The minimum atomic E-state index is -4.82. The molecule has 0 fully saturated rings.